The molecule has 0 fully saturated rings. The molecular weight excluding hydrogens is 326 g/mol. The van der Waals surface area contributed by atoms with Crippen molar-refractivity contribution < 1.29 is 4.74 Å². The van der Waals surface area contributed by atoms with Crippen LogP contribution in [0.5, 0.6) is 5.88 Å². The van der Waals surface area contributed by atoms with Gasteiger partial charge in [-0.15, -0.1) is 0 Å². The molecule has 6 nitrogen and oxygen atoms in total. The monoisotopic (exact) mass is 349 g/mol. The van der Waals surface area contributed by atoms with Crippen LogP contribution in [-0.4, -0.2) is 44.8 Å². The highest BCUT2D eigenvalue weighted by Gasteiger charge is 2.27. The van der Waals surface area contributed by atoms with Crippen molar-refractivity contribution in [3.63, 3.8) is 0 Å². The second kappa shape index (κ2) is 6.88. The predicted octanol–water partition coefficient (Wildman–Crippen LogP) is 2.92. The molecule has 3 aromatic rings. The summed E-state index contributed by atoms with van der Waals surface area (Å²) in [5.74, 6) is 1.52. The Hall–Kier alpha value is -2.73. The third-order valence-electron chi connectivity index (χ3n) is 4.65. The van der Waals surface area contributed by atoms with Crippen LogP contribution in [0.4, 0.5) is 0 Å². The molecule has 1 aliphatic heterocycles. The van der Waals surface area contributed by atoms with Crippen LogP contribution in [0.15, 0.2) is 36.4 Å². The third kappa shape index (κ3) is 3.46. The van der Waals surface area contributed by atoms with Gasteiger partial charge in [0.2, 0.25) is 5.88 Å². The van der Waals surface area contributed by atoms with Gasteiger partial charge in [0.15, 0.2) is 0 Å². The maximum absolute atomic E-state index is 6.03. The lowest BCUT2D eigenvalue weighted by Crippen LogP contribution is -2.31. The summed E-state index contributed by atoms with van der Waals surface area (Å²) in [6.45, 7) is 5.55. The number of nitrogens with zero attached hydrogens (tertiary/aromatic N) is 4. The number of fused-ring (bicyclic) bond motifs is 1. The number of aromatic nitrogens is 4. The fraction of sp³-hybridized carbons (Fsp3) is 0.350. The van der Waals surface area contributed by atoms with Crippen molar-refractivity contribution >= 4 is 0 Å². The Morgan fingerprint density at radius 2 is 2.00 bits per heavy atom. The fourth-order valence-electron chi connectivity index (χ4n) is 3.47. The van der Waals surface area contributed by atoms with Crippen molar-refractivity contribution in [2.24, 2.45) is 0 Å². The first-order valence-electron chi connectivity index (χ1n) is 8.87. The Kier molecular flexibility index (Phi) is 4.42. The number of aryl methyl sites for hydroxylation is 2. The molecule has 1 aliphatic rings. The summed E-state index contributed by atoms with van der Waals surface area (Å²) in [5.41, 5.74) is 5.35. The summed E-state index contributed by atoms with van der Waals surface area (Å²) in [6, 6.07) is 12.3. The predicted molar refractivity (Wildman–Crippen MR) is 100.0 cm³/mol. The van der Waals surface area contributed by atoms with E-state index in [1.54, 1.807) is 0 Å². The van der Waals surface area contributed by atoms with E-state index in [1.165, 1.54) is 0 Å². The van der Waals surface area contributed by atoms with Gasteiger partial charge in [0.1, 0.15) is 11.9 Å². The number of benzene rings is 1. The molecule has 2 aromatic heterocycles. The van der Waals surface area contributed by atoms with E-state index in [4.69, 9.17) is 4.74 Å². The lowest BCUT2D eigenvalue weighted by Gasteiger charge is -2.19. The average molecular weight is 349 g/mol. The Morgan fingerprint density at radius 1 is 1.19 bits per heavy atom. The lowest BCUT2D eigenvalue weighted by atomic mass is 10.1. The molecule has 0 aliphatic carbocycles. The Labute approximate surface area is 153 Å². The van der Waals surface area contributed by atoms with E-state index in [1.807, 2.05) is 32.0 Å². The van der Waals surface area contributed by atoms with E-state index in [-0.39, 0.29) is 6.10 Å². The first-order valence-corrected chi connectivity index (χ1v) is 8.87. The van der Waals surface area contributed by atoms with E-state index in [0.717, 1.165) is 59.4 Å². The molecular formula is C20H23N5O. The lowest BCUT2D eigenvalue weighted by molar-refractivity contribution is 0.160. The van der Waals surface area contributed by atoms with Gasteiger partial charge in [-0.05, 0) is 27.0 Å². The van der Waals surface area contributed by atoms with E-state index in [9.17, 15) is 0 Å². The summed E-state index contributed by atoms with van der Waals surface area (Å²) >= 11 is 0. The highest BCUT2D eigenvalue weighted by molar-refractivity contribution is 5.58. The van der Waals surface area contributed by atoms with Crippen molar-refractivity contribution in [3.05, 3.63) is 59.2 Å². The fourth-order valence-corrected chi connectivity index (χ4v) is 3.47. The summed E-state index contributed by atoms with van der Waals surface area (Å²) in [6.07, 6.45) is 0.977. The van der Waals surface area contributed by atoms with Gasteiger partial charge in [-0.1, -0.05) is 30.3 Å². The number of ether oxygens (including phenoxy) is 1. The van der Waals surface area contributed by atoms with E-state index >= 15 is 0 Å². The maximum atomic E-state index is 6.03. The normalized spacial score (nSPS) is 15.9. The first kappa shape index (κ1) is 16.7. The number of likely N-dealkylation sites (N-methyl/N-ethyl adjacent to an activating group) is 1. The van der Waals surface area contributed by atoms with Crippen molar-refractivity contribution in [1.29, 1.82) is 0 Å². The van der Waals surface area contributed by atoms with Crippen LogP contribution in [0.25, 0.3) is 11.3 Å². The van der Waals surface area contributed by atoms with Crippen molar-refractivity contribution in [2.75, 3.05) is 13.6 Å². The average Bonchev–Trinajstić information content (AvgIpc) is 3.22. The molecule has 0 spiro atoms. The second-order valence-corrected chi connectivity index (χ2v) is 6.93. The minimum atomic E-state index is 0.112. The first-order chi connectivity index (χ1) is 12.6. The van der Waals surface area contributed by atoms with Gasteiger partial charge in [0.25, 0.3) is 0 Å². The van der Waals surface area contributed by atoms with E-state index in [2.05, 4.69) is 50.3 Å². The van der Waals surface area contributed by atoms with Crippen LogP contribution in [0.3, 0.4) is 0 Å². The highest BCUT2D eigenvalue weighted by atomic mass is 16.5. The summed E-state index contributed by atoms with van der Waals surface area (Å²) in [5, 5.41) is 7.56. The van der Waals surface area contributed by atoms with Crippen LogP contribution in [-0.2, 0) is 13.0 Å². The largest absolute Gasteiger partial charge is 0.472 e. The number of hydrogen-bond acceptors (Lipinski definition) is 5. The Morgan fingerprint density at radius 3 is 2.81 bits per heavy atom. The zero-order chi connectivity index (χ0) is 18.1. The topological polar surface area (TPSA) is 66.9 Å². The van der Waals surface area contributed by atoms with E-state index < -0.39 is 0 Å². The van der Waals surface area contributed by atoms with Gasteiger partial charge in [-0.25, -0.2) is 4.98 Å². The van der Waals surface area contributed by atoms with Gasteiger partial charge in [-0.2, -0.15) is 10.1 Å². The third-order valence-corrected chi connectivity index (χ3v) is 4.65. The van der Waals surface area contributed by atoms with Crippen molar-refractivity contribution in [2.45, 2.75) is 32.9 Å². The number of hydrogen-bond donors (Lipinski definition) is 1. The van der Waals surface area contributed by atoms with Crippen LogP contribution < -0.4 is 4.74 Å². The zero-order valence-electron chi connectivity index (χ0n) is 15.4. The van der Waals surface area contributed by atoms with Crippen LogP contribution in [0.2, 0.25) is 0 Å². The second-order valence-electron chi connectivity index (χ2n) is 6.93. The molecule has 0 saturated carbocycles. The maximum Gasteiger partial charge on any atom is 0.220 e. The molecule has 4 rings (SSSR count). The minimum absolute atomic E-state index is 0.112. The van der Waals surface area contributed by atoms with Gasteiger partial charge in [0, 0.05) is 42.0 Å². The SMILES string of the molecule is Cc1nc(C)c2c(n1)O[C@H](CN(C)Cc1cc(-c3ccccc3)n[nH]1)C2. The molecule has 0 bridgehead atoms. The molecule has 26 heavy (non-hydrogen) atoms. The van der Waals surface area contributed by atoms with Crippen molar-refractivity contribution in [1.82, 2.24) is 25.1 Å². The summed E-state index contributed by atoms with van der Waals surface area (Å²) in [7, 11) is 2.10. The molecule has 0 amide bonds. The zero-order valence-corrected chi connectivity index (χ0v) is 15.4. The molecule has 1 atom stereocenters. The number of rotatable bonds is 5. The number of aromatic amines is 1. The smallest absolute Gasteiger partial charge is 0.220 e. The molecule has 1 aromatic carbocycles. The molecule has 0 saturated heterocycles. The summed E-state index contributed by atoms with van der Waals surface area (Å²) in [4.78, 5) is 11.1. The molecule has 1 N–H and O–H groups in total. The molecule has 0 unspecified atom stereocenters. The van der Waals surface area contributed by atoms with Gasteiger partial charge in [-0.3, -0.25) is 10.00 Å². The van der Waals surface area contributed by atoms with Crippen molar-refractivity contribution in [3.8, 4) is 17.1 Å². The molecule has 3 heterocycles. The molecule has 0 radical (unpaired) electrons. The van der Waals surface area contributed by atoms with Gasteiger partial charge >= 0.3 is 0 Å². The Balaban J connectivity index is 1.37. The number of nitrogens with one attached hydrogen (secondary N) is 1. The quantitative estimate of drug-likeness (QED) is 0.767. The molecule has 134 valence electrons. The van der Waals surface area contributed by atoms with Crippen LogP contribution in [0, 0.1) is 13.8 Å². The molecule has 6 heteroatoms. The summed E-state index contributed by atoms with van der Waals surface area (Å²) < 4.78 is 6.03. The van der Waals surface area contributed by atoms with Crippen LogP contribution >= 0.6 is 0 Å². The number of H-pyrrole nitrogens is 1. The van der Waals surface area contributed by atoms with E-state index in [0.29, 0.717) is 0 Å². The Bertz CT molecular complexity index is 906. The standard InChI is InChI=1S/C20H23N5O/c1-13-18-10-17(26-20(18)22-14(2)21-13)12-25(3)11-16-9-19(24-23-16)15-7-5-4-6-8-15/h4-9,17H,10-12H2,1-3H3,(H,23,24)/t17-/m0/s1. The van der Waals surface area contributed by atoms with Gasteiger partial charge < -0.3 is 4.74 Å². The van der Waals surface area contributed by atoms with Crippen LogP contribution in [0.1, 0.15) is 22.8 Å². The highest BCUT2D eigenvalue weighted by Crippen LogP contribution is 2.29. The minimum Gasteiger partial charge on any atom is -0.472 e. The van der Waals surface area contributed by atoms with Gasteiger partial charge in [0.05, 0.1) is 5.69 Å².